The van der Waals surface area contributed by atoms with E-state index in [1.807, 2.05) is 54.9 Å². The monoisotopic (exact) mass is 728 g/mol. The molecule has 0 saturated heterocycles. The third kappa shape index (κ3) is 5.37. The minimum Gasteiger partial charge on any atom is -0.265 e. The van der Waals surface area contributed by atoms with E-state index < -0.39 is 0 Å². The van der Waals surface area contributed by atoms with Gasteiger partial charge in [0.25, 0.3) is 0 Å². The second-order valence-electron chi connectivity index (χ2n) is 15.5. The SMILES string of the molecule is CC1(C)c2ccccc2-c2c1ccc1c3ccccc3c3cc(-c4ccc(-c5nc(-c6ccccc6)nc(-c6ccc(-c7ccncc7)cc6)n5)cc4)ccc3c21. The number of hydrogen-bond acceptors (Lipinski definition) is 4. The first-order valence-electron chi connectivity index (χ1n) is 19.5. The molecule has 0 spiro atoms. The first kappa shape index (κ1) is 33.1. The predicted molar refractivity (Wildman–Crippen MR) is 235 cm³/mol. The van der Waals surface area contributed by atoms with Crippen LogP contribution in [0.15, 0.2) is 182 Å². The highest BCUT2D eigenvalue weighted by Gasteiger charge is 2.36. The average molecular weight is 729 g/mol. The highest BCUT2D eigenvalue weighted by Crippen LogP contribution is 2.53. The fourth-order valence-corrected chi connectivity index (χ4v) is 8.93. The van der Waals surface area contributed by atoms with Crippen LogP contribution < -0.4 is 0 Å². The van der Waals surface area contributed by atoms with Crippen molar-refractivity contribution in [3.63, 3.8) is 0 Å². The van der Waals surface area contributed by atoms with Gasteiger partial charge in [-0.3, -0.25) is 4.98 Å². The lowest BCUT2D eigenvalue weighted by Gasteiger charge is -2.22. The van der Waals surface area contributed by atoms with E-state index in [-0.39, 0.29) is 5.41 Å². The first-order valence-corrected chi connectivity index (χ1v) is 19.5. The fraction of sp³-hybridized carbons (Fsp3) is 0.0566. The van der Waals surface area contributed by atoms with Gasteiger partial charge in [-0.15, -0.1) is 0 Å². The van der Waals surface area contributed by atoms with Gasteiger partial charge in [-0.2, -0.15) is 0 Å². The van der Waals surface area contributed by atoms with Crippen molar-refractivity contribution in [2.75, 3.05) is 0 Å². The van der Waals surface area contributed by atoms with Crippen molar-refractivity contribution in [3.05, 3.63) is 193 Å². The molecule has 0 unspecified atom stereocenters. The molecule has 2 heterocycles. The molecule has 10 aromatic rings. The van der Waals surface area contributed by atoms with Crippen LogP contribution in [0.1, 0.15) is 25.0 Å². The summed E-state index contributed by atoms with van der Waals surface area (Å²) in [6.45, 7) is 4.71. The predicted octanol–water partition coefficient (Wildman–Crippen LogP) is 13.4. The van der Waals surface area contributed by atoms with Crippen LogP contribution in [-0.4, -0.2) is 19.9 Å². The van der Waals surface area contributed by atoms with Crippen molar-refractivity contribution >= 4 is 32.3 Å². The Hall–Kier alpha value is -7.30. The Morgan fingerprint density at radius 3 is 1.49 bits per heavy atom. The summed E-state index contributed by atoms with van der Waals surface area (Å²) in [5, 5.41) is 7.74. The highest BCUT2D eigenvalue weighted by molar-refractivity contribution is 6.29. The number of benzene rings is 8. The molecular weight excluding hydrogens is 693 g/mol. The van der Waals surface area contributed by atoms with E-state index in [2.05, 4.69) is 146 Å². The molecule has 11 rings (SSSR count). The smallest absolute Gasteiger partial charge is 0.164 e. The van der Waals surface area contributed by atoms with Crippen LogP contribution in [-0.2, 0) is 5.41 Å². The molecule has 0 N–H and O–H groups in total. The maximum atomic E-state index is 5.03. The molecule has 0 fully saturated rings. The lowest BCUT2D eigenvalue weighted by Crippen LogP contribution is -2.14. The zero-order valence-electron chi connectivity index (χ0n) is 31.6. The van der Waals surface area contributed by atoms with Crippen molar-refractivity contribution in [3.8, 4) is 67.5 Å². The zero-order valence-corrected chi connectivity index (χ0v) is 31.6. The molecule has 0 amide bonds. The van der Waals surface area contributed by atoms with Crippen LogP contribution in [0.25, 0.3) is 99.9 Å². The number of rotatable bonds is 5. The Balaban J connectivity index is 1.02. The zero-order chi connectivity index (χ0) is 38.1. The third-order valence-corrected chi connectivity index (χ3v) is 11.8. The first-order chi connectivity index (χ1) is 28.0. The van der Waals surface area contributed by atoms with Gasteiger partial charge in [-0.1, -0.05) is 166 Å². The van der Waals surface area contributed by atoms with Gasteiger partial charge >= 0.3 is 0 Å². The highest BCUT2D eigenvalue weighted by atomic mass is 15.0. The van der Waals surface area contributed by atoms with Gasteiger partial charge in [-0.05, 0) is 95.0 Å². The van der Waals surface area contributed by atoms with Crippen LogP contribution in [0.2, 0.25) is 0 Å². The third-order valence-electron chi connectivity index (χ3n) is 11.8. The summed E-state index contributed by atoms with van der Waals surface area (Å²) < 4.78 is 0. The molecule has 4 nitrogen and oxygen atoms in total. The van der Waals surface area contributed by atoms with Crippen LogP contribution in [0.4, 0.5) is 0 Å². The molecule has 1 aliphatic rings. The molecule has 0 atom stereocenters. The van der Waals surface area contributed by atoms with Gasteiger partial charge in [0.2, 0.25) is 0 Å². The summed E-state index contributed by atoms with van der Waals surface area (Å²) in [4.78, 5) is 19.1. The van der Waals surface area contributed by atoms with Gasteiger partial charge in [0, 0.05) is 34.5 Å². The lowest BCUT2D eigenvalue weighted by molar-refractivity contribution is 0.661. The Kier molecular flexibility index (Phi) is 7.48. The topological polar surface area (TPSA) is 51.6 Å². The number of nitrogens with zero attached hydrogens (tertiary/aromatic N) is 4. The lowest BCUT2D eigenvalue weighted by atomic mass is 9.81. The van der Waals surface area contributed by atoms with E-state index in [0.717, 1.165) is 33.4 Å². The number of fused-ring (bicyclic) bond motifs is 10. The normalized spacial score (nSPS) is 12.9. The van der Waals surface area contributed by atoms with E-state index in [1.54, 1.807) is 0 Å². The van der Waals surface area contributed by atoms with Gasteiger partial charge in [0.15, 0.2) is 17.5 Å². The quantitative estimate of drug-likeness (QED) is 0.166. The molecular formula is C53H36N4. The Morgan fingerprint density at radius 1 is 0.351 bits per heavy atom. The number of aromatic nitrogens is 4. The van der Waals surface area contributed by atoms with Gasteiger partial charge in [-0.25, -0.2) is 15.0 Å². The second kappa shape index (κ2) is 12.9. The van der Waals surface area contributed by atoms with Crippen molar-refractivity contribution in [2.45, 2.75) is 19.3 Å². The molecule has 8 aromatic carbocycles. The van der Waals surface area contributed by atoms with Crippen LogP contribution in [0, 0.1) is 0 Å². The van der Waals surface area contributed by atoms with Crippen LogP contribution >= 0.6 is 0 Å². The molecule has 0 aliphatic heterocycles. The van der Waals surface area contributed by atoms with E-state index >= 15 is 0 Å². The second-order valence-corrected chi connectivity index (χ2v) is 15.5. The Morgan fingerprint density at radius 2 is 0.825 bits per heavy atom. The molecule has 0 radical (unpaired) electrons. The molecule has 57 heavy (non-hydrogen) atoms. The summed E-state index contributed by atoms with van der Waals surface area (Å²) in [6.07, 6.45) is 3.63. The molecule has 2 aromatic heterocycles. The molecule has 1 aliphatic carbocycles. The minimum absolute atomic E-state index is 0.0635. The number of pyridine rings is 1. The van der Waals surface area contributed by atoms with E-state index in [0.29, 0.717) is 17.5 Å². The Bertz CT molecular complexity index is 3170. The standard InChI is InChI=1S/C53H36N4/c1-53(2)46-15-9-8-14-44(46)49-47(53)27-26-42-40-12-6-7-13-41(40)45-32-39(24-25-43(45)48(42)49)34-18-22-38(23-19-34)52-56-50(36-10-4-3-5-11-36)55-51(57-52)37-20-16-33(17-21-37)35-28-30-54-31-29-35/h3-32H,1-2H3. The maximum Gasteiger partial charge on any atom is 0.164 e. The molecule has 0 saturated carbocycles. The average Bonchev–Trinajstić information content (AvgIpc) is 3.52. The summed E-state index contributed by atoms with van der Waals surface area (Å²) in [5.74, 6) is 1.91. The minimum atomic E-state index is -0.0635. The maximum absolute atomic E-state index is 5.03. The van der Waals surface area contributed by atoms with E-state index in [9.17, 15) is 0 Å². The number of hydrogen-bond donors (Lipinski definition) is 0. The van der Waals surface area contributed by atoms with E-state index in [4.69, 9.17) is 15.0 Å². The fourth-order valence-electron chi connectivity index (χ4n) is 8.93. The largest absolute Gasteiger partial charge is 0.265 e. The van der Waals surface area contributed by atoms with Crippen molar-refractivity contribution in [1.82, 2.24) is 19.9 Å². The Labute approximate surface area is 331 Å². The van der Waals surface area contributed by atoms with Crippen LogP contribution in [0.5, 0.6) is 0 Å². The van der Waals surface area contributed by atoms with Gasteiger partial charge in [0.1, 0.15) is 0 Å². The van der Waals surface area contributed by atoms with Gasteiger partial charge in [0.05, 0.1) is 0 Å². The van der Waals surface area contributed by atoms with Crippen LogP contribution in [0.3, 0.4) is 0 Å². The summed E-state index contributed by atoms with van der Waals surface area (Å²) >= 11 is 0. The van der Waals surface area contributed by atoms with Crippen molar-refractivity contribution in [2.24, 2.45) is 0 Å². The van der Waals surface area contributed by atoms with Crippen molar-refractivity contribution < 1.29 is 0 Å². The summed E-state index contributed by atoms with van der Waals surface area (Å²) in [6, 6.07) is 60.7. The molecule has 0 bridgehead atoms. The molecule has 268 valence electrons. The summed E-state index contributed by atoms with van der Waals surface area (Å²) in [7, 11) is 0. The van der Waals surface area contributed by atoms with E-state index in [1.165, 1.54) is 60.1 Å². The van der Waals surface area contributed by atoms with Gasteiger partial charge < -0.3 is 0 Å². The molecule has 4 heteroatoms. The van der Waals surface area contributed by atoms with Crippen molar-refractivity contribution in [1.29, 1.82) is 0 Å². The summed E-state index contributed by atoms with van der Waals surface area (Å²) in [5.41, 5.74) is 12.8.